The maximum Gasteiger partial charge on any atom is 0.497 e. The highest BCUT2D eigenvalue weighted by molar-refractivity contribution is 6.62. The second-order valence-electron chi connectivity index (χ2n) is 6.12. The first-order chi connectivity index (χ1) is 11.3. The Bertz CT molecular complexity index is 848. The van der Waals surface area contributed by atoms with Crippen LogP contribution in [0.4, 0.5) is 13.2 Å². The maximum atomic E-state index is 14.9. The van der Waals surface area contributed by atoms with Gasteiger partial charge in [-0.15, -0.1) is 0 Å². The van der Waals surface area contributed by atoms with E-state index in [1.54, 1.807) is 19.9 Å². The molecule has 1 aliphatic heterocycles. The molecule has 0 saturated carbocycles. The van der Waals surface area contributed by atoms with Gasteiger partial charge in [-0.05, 0) is 32.0 Å². The van der Waals surface area contributed by atoms with Gasteiger partial charge in [-0.2, -0.15) is 5.26 Å². The average Bonchev–Trinajstić information content (AvgIpc) is 2.88. The molecule has 3 nitrogen and oxygen atoms in total. The van der Waals surface area contributed by atoms with E-state index in [2.05, 4.69) is 0 Å². The zero-order valence-corrected chi connectivity index (χ0v) is 13.1. The number of nitrogens with zero attached hydrogens (tertiary/aromatic N) is 1. The Kier molecular flexibility index (Phi) is 4.12. The third kappa shape index (κ3) is 2.79. The predicted octanol–water partition coefficient (Wildman–Crippen LogP) is 3.16. The SMILES string of the molecule is CC1(C)COB(c2ccc(F)c(-c3c(F)cccc3C#N)c2F)O1. The first-order valence-corrected chi connectivity index (χ1v) is 7.30. The van der Waals surface area contributed by atoms with E-state index in [4.69, 9.17) is 14.6 Å². The molecular weight excluding hydrogens is 318 g/mol. The monoisotopic (exact) mass is 331 g/mol. The van der Waals surface area contributed by atoms with Crippen molar-refractivity contribution >= 4 is 12.6 Å². The summed E-state index contributed by atoms with van der Waals surface area (Å²) < 4.78 is 54.4. The van der Waals surface area contributed by atoms with Gasteiger partial charge >= 0.3 is 7.12 Å². The zero-order valence-electron chi connectivity index (χ0n) is 13.1. The van der Waals surface area contributed by atoms with E-state index in [-0.39, 0.29) is 17.6 Å². The number of nitriles is 1. The fourth-order valence-electron chi connectivity index (χ4n) is 2.64. The minimum Gasteiger partial charge on any atom is -0.404 e. The van der Waals surface area contributed by atoms with Gasteiger partial charge in [0, 0.05) is 11.0 Å². The number of benzene rings is 2. The average molecular weight is 331 g/mol. The van der Waals surface area contributed by atoms with Crippen molar-refractivity contribution in [1.82, 2.24) is 0 Å². The van der Waals surface area contributed by atoms with Crippen molar-refractivity contribution in [2.75, 3.05) is 6.61 Å². The summed E-state index contributed by atoms with van der Waals surface area (Å²) in [7, 11) is -1.02. The third-order valence-corrected chi connectivity index (χ3v) is 3.77. The molecule has 0 amide bonds. The van der Waals surface area contributed by atoms with Crippen LogP contribution in [0.5, 0.6) is 0 Å². The van der Waals surface area contributed by atoms with E-state index in [0.29, 0.717) is 0 Å². The highest BCUT2D eigenvalue weighted by Crippen LogP contribution is 2.31. The van der Waals surface area contributed by atoms with Crippen LogP contribution < -0.4 is 5.46 Å². The summed E-state index contributed by atoms with van der Waals surface area (Å²) in [6.45, 7) is 3.80. The van der Waals surface area contributed by atoms with Crippen LogP contribution in [-0.4, -0.2) is 19.3 Å². The van der Waals surface area contributed by atoms with Gasteiger partial charge in [0.25, 0.3) is 0 Å². The fourth-order valence-corrected chi connectivity index (χ4v) is 2.64. The number of hydrogen-bond donors (Lipinski definition) is 0. The van der Waals surface area contributed by atoms with Crippen molar-refractivity contribution in [3.05, 3.63) is 53.3 Å². The summed E-state index contributed by atoms with van der Waals surface area (Å²) in [4.78, 5) is 0. The second-order valence-corrected chi connectivity index (χ2v) is 6.12. The Labute approximate surface area is 137 Å². The number of halogens is 3. The minimum atomic E-state index is -1.02. The van der Waals surface area contributed by atoms with Crippen LogP contribution in [0, 0.1) is 28.8 Å². The molecule has 2 aromatic rings. The van der Waals surface area contributed by atoms with Crippen molar-refractivity contribution < 1.29 is 22.5 Å². The maximum absolute atomic E-state index is 14.9. The first-order valence-electron chi connectivity index (χ1n) is 7.30. The third-order valence-electron chi connectivity index (χ3n) is 3.77. The van der Waals surface area contributed by atoms with E-state index < -0.39 is 41.3 Å². The lowest BCUT2D eigenvalue weighted by Crippen LogP contribution is -2.37. The topological polar surface area (TPSA) is 42.2 Å². The van der Waals surface area contributed by atoms with Gasteiger partial charge in [0.2, 0.25) is 0 Å². The molecule has 1 aliphatic rings. The predicted molar refractivity (Wildman–Crippen MR) is 83.0 cm³/mol. The van der Waals surface area contributed by atoms with Gasteiger partial charge in [-0.1, -0.05) is 12.1 Å². The van der Waals surface area contributed by atoms with E-state index in [1.807, 2.05) is 0 Å². The smallest absolute Gasteiger partial charge is 0.404 e. The number of rotatable bonds is 2. The normalized spacial score (nSPS) is 16.2. The van der Waals surface area contributed by atoms with Gasteiger partial charge in [-0.3, -0.25) is 0 Å². The van der Waals surface area contributed by atoms with Gasteiger partial charge in [-0.25, -0.2) is 13.2 Å². The molecule has 0 aliphatic carbocycles. The van der Waals surface area contributed by atoms with Gasteiger partial charge < -0.3 is 9.31 Å². The molecule has 0 unspecified atom stereocenters. The Hall–Kier alpha value is -2.30. The van der Waals surface area contributed by atoms with Crippen molar-refractivity contribution in [3.63, 3.8) is 0 Å². The standard InChI is InChI=1S/C17H13BF3NO2/c1-17(2)9-23-18(24-17)11-6-7-13(20)15(16(11)21)14-10(8-22)4-3-5-12(14)19/h3-7H,9H2,1-2H3. The van der Waals surface area contributed by atoms with Crippen LogP contribution in [0.3, 0.4) is 0 Å². The summed E-state index contributed by atoms with van der Waals surface area (Å²) in [5.41, 5.74) is -1.81. The van der Waals surface area contributed by atoms with E-state index in [1.165, 1.54) is 18.2 Å². The van der Waals surface area contributed by atoms with Crippen LogP contribution in [0.1, 0.15) is 19.4 Å². The Morgan fingerprint density at radius 2 is 1.79 bits per heavy atom. The molecule has 0 aromatic heterocycles. The first kappa shape index (κ1) is 16.6. The molecular formula is C17H13BF3NO2. The Balaban J connectivity index is 2.18. The fraction of sp³-hybridized carbons (Fsp3) is 0.235. The van der Waals surface area contributed by atoms with Crippen molar-refractivity contribution in [2.45, 2.75) is 19.4 Å². The highest BCUT2D eigenvalue weighted by Gasteiger charge is 2.40. The zero-order chi connectivity index (χ0) is 17.5. The molecule has 1 heterocycles. The van der Waals surface area contributed by atoms with Crippen molar-refractivity contribution in [3.8, 4) is 17.2 Å². The van der Waals surface area contributed by atoms with Crippen LogP contribution in [0.2, 0.25) is 0 Å². The lowest BCUT2D eigenvalue weighted by Gasteiger charge is -2.16. The van der Waals surface area contributed by atoms with Crippen LogP contribution >= 0.6 is 0 Å². The summed E-state index contributed by atoms with van der Waals surface area (Å²) in [5.74, 6) is -2.84. The summed E-state index contributed by atoms with van der Waals surface area (Å²) in [6.07, 6.45) is 0. The molecule has 0 radical (unpaired) electrons. The Morgan fingerprint density at radius 3 is 2.42 bits per heavy atom. The molecule has 3 rings (SSSR count). The largest absolute Gasteiger partial charge is 0.497 e. The van der Waals surface area contributed by atoms with Crippen LogP contribution in [0.15, 0.2) is 30.3 Å². The molecule has 0 atom stereocenters. The van der Waals surface area contributed by atoms with E-state index >= 15 is 0 Å². The van der Waals surface area contributed by atoms with E-state index in [0.717, 1.165) is 12.1 Å². The quantitative estimate of drug-likeness (QED) is 0.794. The molecule has 2 aromatic carbocycles. The lowest BCUT2D eigenvalue weighted by atomic mass is 9.77. The van der Waals surface area contributed by atoms with Crippen molar-refractivity contribution in [2.24, 2.45) is 0 Å². The van der Waals surface area contributed by atoms with Crippen molar-refractivity contribution in [1.29, 1.82) is 5.26 Å². The summed E-state index contributed by atoms with van der Waals surface area (Å²) in [5, 5.41) is 9.12. The summed E-state index contributed by atoms with van der Waals surface area (Å²) >= 11 is 0. The van der Waals surface area contributed by atoms with Crippen LogP contribution in [-0.2, 0) is 9.31 Å². The number of hydrogen-bond acceptors (Lipinski definition) is 3. The molecule has 24 heavy (non-hydrogen) atoms. The van der Waals surface area contributed by atoms with Gasteiger partial charge in [0.1, 0.15) is 17.5 Å². The molecule has 0 bridgehead atoms. The Morgan fingerprint density at radius 1 is 1.08 bits per heavy atom. The second kappa shape index (κ2) is 5.97. The van der Waals surface area contributed by atoms with E-state index in [9.17, 15) is 13.2 Å². The molecule has 0 N–H and O–H groups in total. The molecule has 1 fully saturated rings. The summed E-state index contributed by atoms with van der Waals surface area (Å²) in [6, 6.07) is 7.63. The van der Waals surface area contributed by atoms with Crippen LogP contribution in [0.25, 0.3) is 11.1 Å². The molecule has 7 heteroatoms. The highest BCUT2D eigenvalue weighted by atomic mass is 19.1. The lowest BCUT2D eigenvalue weighted by molar-refractivity contribution is 0.137. The molecule has 1 saturated heterocycles. The molecule has 0 spiro atoms. The minimum absolute atomic E-state index is 0.0379. The van der Waals surface area contributed by atoms with Gasteiger partial charge in [0.15, 0.2) is 0 Å². The van der Waals surface area contributed by atoms with Gasteiger partial charge in [0.05, 0.1) is 29.4 Å². The molecule has 122 valence electrons.